The van der Waals surface area contributed by atoms with Crippen LogP contribution in [0.15, 0.2) is 0 Å². The predicted molar refractivity (Wildman–Crippen MR) is 358 cm³/mol. The minimum atomic E-state index is -4.95. The van der Waals surface area contributed by atoms with E-state index >= 15 is 0 Å². The molecule has 0 radical (unpaired) electrons. The Morgan fingerprint density at radius 1 is 0.303 bits per heavy atom. The van der Waals surface area contributed by atoms with Crippen LogP contribution in [0.25, 0.3) is 0 Å². The van der Waals surface area contributed by atoms with Gasteiger partial charge in [0.05, 0.1) is 26.4 Å². The lowest BCUT2D eigenvalue weighted by atomic mass is 10.0. The molecule has 3 N–H and O–H groups in total. The van der Waals surface area contributed by atoms with Crippen LogP contribution < -0.4 is 0 Å². The van der Waals surface area contributed by atoms with Crippen molar-refractivity contribution in [3.8, 4) is 0 Å². The SMILES string of the molecule is CCCCCCCCCCCCCCCCCC(=O)O[C@H](COC(=O)CCCCCCCCCCCCC(C)C)COP(=O)(O)OC[C@@H](O)COP(=O)(O)OC[C@@H](COC(=O)CCCCCCCCCC)OC(=O)CCCCCCCCCCCCC(C)C. The van der Waals surface area contributed by atoms with E-state index in [2.05, 4.69) is 41.5 Å². The second kappa shape index (κ2) is 62.2. The predicted octanol–water partition coefficient (Wildman–Crippen LogP) is 20.0. The topological polar surface area (TPSA) is 237 Å². The van der Waals surface area contributed by atoms with E-state index in [0.29, 0.717) is 25.7 Å². The van der Waals surface area contributed by atoms with Crippen LogP contribution in [0.4, 0.5) is 0 Å². The number of unbranched alkanes of at least 4 members (excludes halogenated alkanes) is 39. The summed E-state index contributed by atoms with van der Waals surface area (Å²) in [5.41, 5.74) is 0. The Morgan fingerprint density at radius 2 is 0.517 bits per heavy atom. The summed E-state index contributed by atoms with van der Waals surface area (Å²) in [5, 5.41) is 10.6. The van der Waals surface area contributed by atoms with Gasteiger partial charge >= 0.3 is 39.5 Å². The number of phosphoric acid groups is 2. The molecule has 19 heteroatoms. The molecule has 0 fully saturated rings. The third-order valence-corrected chi connectivity index (χ3v) is 18.1. The maximum atomic E-state index is 13.0. The first-order valence-electron chi connectivity index (χ1n) is 36.5. The summed E-state index contributed by atoms with van der Waals surface area (Å²) in [7, 11) is -9.90. The van der Waals surface area contributed by atoms with Gasteiger partial charge in [-0.25, -0.2) is 9.13 Å². The molecule has 89 heavy (non-hydrogen) atoms. The van der Waals surface area contributed by atoms with Crippen molar-refractivity contribution in [3.05, 3.63) is 0 Å². The van der Waals surface area contributed by atoms with Crippen molar-refractivity contribution >= 4 is 39.5 Å². The van der Waals surface area contributed by atoms with Crippen molar-refractivity contribution in [1.82, 2.24) is 0 Å². The third-order valence-electron chi connectivity index (χ3n) is 16.2. The molecule has 0 aliphatic carbocycles. The highest BCUT2D eigenvalue weighted by molar-refractivity contribution is 7.47. The van der Waals surface area contributed by atoms with Crippen LogP contribution in [0.1, 0.15) is 356 Å². The van der Waals surface area contributed by atoms with Gasteiger partial charge in [0, 0.05) is 25.7 Å². The van der Waals surface area contributed by atoms with E-state index in [1.165, 1.54) is 167 Å². The Kier molecular flexibility index (Phi) is 60.8. The zero-order valence-electron chi connectivity index (χ0n) is 57.7. The number of hydrogen-bond donors (Lipinski definition) is 3. The number of phosphoric ester groups is 2. The molecule has 0 bridgehead atoms. The minimum Gasteiger partial charge on any atom is -0.462 e. The maximum absolute atomic E-state index is 13.0. The lowest BCUT2D eigenvalue weighted by Crippen LogP contribution is -2.30. The van der Waals surface area contributed by atoms with Gasteiger partial charge in [-0.3, -0.25) is 37.3 Å². The summed E-state index contributed by atoms with van der Waals surface area (Å²) in [6, 6.07) is 0. The molecule has 17 nitrogen and oxygen atoms in total. The number of aliphatic hydroxyl groups is 1. The van der Waals surface area contributed by atoms with Crippen LogP contribution in [0.2, 0.25) is 0 Å². The summed E-state index contributed by atoms with van der Waals surface area (Å²) in [6.45, 7) is 9.51. The van der Waals surface area contributed by atoms with Crippen LogP contribution in [-0.4, -0.2) is 96.7 Å². The summed E-state index contributed by atoms with van der Waals surface area (Å²) < 4.78 is 68.2. The van der Waals surface area contributed by atoms with Gasteiger partial charge in [-0.1, -0.05) is 305 Å². The Morgan fingerprint density at radius 3 is 0.764 bits per heavy atom. The molecule has 0 aliphatic rings. The molecule has 0 spiro atoms. The van der Waals surface area contributed by atoms with Gasteiger partial charge in [-0.2, -0.15) is 0 Å². The fourth-order valence-corrected chi connectivity index (χ4v) is 12.2. The molecule has 0 heterocycles. The largest absolute Gasteiger partial charge is 0.472 e. The number of carbonyl (C=O) groups is 4. The van der Waals surface area contributed by atoms with Gasteiger partial charge in [0.2, 0.25) is 0 Å². The first-order chi connectivity index (χ1) is 42.9. The average molecular weight is 1310 g/mol. The summed E-state index contributed by atoms with van der Waals surface area (Å²) >= 11 is 0. The second-order valence-electron chi connectivity index (χ2n) is 26.2. The van der Waals surface area contributed by atoms with Gasteiger partial charge in [0.25, 0.3) is 0 Å². The van der Waals surface area contributed by atoms with Crippen LogP contribution in [-0.2, 0) is 65.4 Å². The number of rotatable bonds is 69. The number of carbonyl (C=O) groups excluding carboxylic acids is 4. The highest BCUT2D eigenvalue weighted by Gasteiger charge is 2.30. The molecular weight excluding hydrogens is 1170 g/mol. The van der Waals surface area contributed by atoms with Crippen molar-refractivity contribution in [3.63, 3.8) is 0 Å². The quantitative estimate of drug-likeness (QED) is 0.0222. The first kappa shape index (κ1) is 87.1. The molecule has 0 rings (SSSR count). The molecule has 0 aromatic heterocycles. The van der Waals surface area contributed by atoms with E-state index in [9.17, 15) is 43.2 Å². The smallest absolute Gasteiger partial charge is 0.462 e. The van der Waals surface area contributed by atoms with Crippen LogP contribution in [0.5, 0.6) is 0 Å². The Bertz CT molecular complexity index is 1730. The van der Waals surface area contributed by atoms with E-state index in [1.54, 1.807) is 0 Å². The first-order valence-corrected chi connectivity index (χ1v) is 39.5. The summed E-state index contributed by atoms with van der Waals surface area (Å²) in [5.74, 6) is -0.614. The summed E-state index contributed by atoms with van der Waals surface area (Å²) in [4.78, 5) is 72.5. The number of ether oxygens (including phenoxy) is 4. The van der Waals surface area contributed by atoms with Gasteiger partial charge in [-0.15, -0.1) is 0 Å². The van der Waals surface area contributed by atoms with Crippen molar-refractivity contribution in [2.24, 2.45) is 11.8 Å². The number of hydrogen-bond acceptors (Lipinski definition) is 15. The van der Waals surface area contributed by atoms with Gasteiger partial charge in [0.15, 0.2) is 12.2 Å². The van der Waals surface area contributed by atoms with E-state index in [4.69, 9.17) is 37.0 Å². The van der Waals surface area contributed by atoms with Crippen LogP contribution in [0, 0.1) is 11.8 Å². The molecular formula is C70H136O17P2. The van der Waals surface area contributed by atoms with Gasteiger partial charge in [-0.05, 0) is 37.5 Å². The molecule has 0 aliphatic heterocycles. The van der Waals surface area contributed by atoms with Crippen LogP contribution in [0.3, 0.4) is 0 Å². The van der Waals surface area contributed by atoms with Crippen molar-refractivity contribution in [2.45, 2.75) is 374 Å². The zero-order valence-corrected chi connectivity index (χ0v) is 59.5. The van der Waals surface area contributed by atoms with Gasteiger partial charge < -0.3 is 33.8 Å². The zero-order chi connectivity index (χ0) is 65.7. The minimum absolute atomic E-state index is 0.106. The number of esters is 4. The second-order valence-corrected chi connectivity index (χ2v) is 29.1. The molecule has 528 valence electrons. The van der Waals surface area contributed by atoms with Crippen molar-refractivity contribution in [1.29, 1.82) is 0 Å². The molecule has 5 atom stereocenters. The lowest BCUT2D eigenvalue weighted by molar-refractivity contribution is -0.161. The van der Waals surface area contributed by atoms with E-state index in [0.717, 1.165) is 108 Å². The third kappa shape index (κ3) is 64.6. The molecule has 0 aromatic carbocycles. The molecule has 0 amide bonds. The van der Waals surface area contributed by atoms with E-state index in [1.807, 2.05) is 0 Å². The highest BCUT2D eigenvalue weighted by atomic mass is 31.2. The highest BCUT2D eigenvalue weighted by Crippen LogP contribution is 2.45. The Hall–Kier alpha value is -1.94. The Balaban J connectivity index is 5.23. The lowest BCUT2D eigenvalue weighted by Gasteiger charge is -2.21. The van der Waals surface area contributed by atoms with Crippen molar-refractivity contribution < 1.29 is 80.2 Å². The fraction of sp³-hybridized carbons (Fsp3) is 0.943. The molecule has 0 saturated heterocycles. The van der Waals surface area contributed by atoms with E-state index < -0.39 is 97.5 Å². The maximum Gasteiger partial charge on any atom is 0.472 e. The van der Waals surface area contributed by atoms with Gasteiger partial charge in [0.1, 0.15) is 19.3 Å². The normalized spacial score (nSPS) is 14.1. The fourth-order valence-electron chi connectivity index (χ4n) is 10.6. The van der Waals surface area contributed by atoms with Crippen LogP contribution >= 0.6 is 15.6 Å². The number of aliphatic hydroxyl groups excluding tert-OH is 1. The van der Waals surface area contributed by atoms with Crippen molar-refractivity contribution in [2.75, 3.05) is 39.6 Å². The standard InChI is InChI=1S/C70H136O17P2/c1-7-9-11-13-15-17-18-19-20-21-22-30-36-42-48-54-69(74)87-66(59-81-68(73)53-47-41-35-29-25-23-27-32-38-44-50-62(3)4)61-85-89(78,79)83-57-64(71)56-82-88(76,77)84-60-65(58-80-67(72)52-46-40-34-16-14-12-10-8-2)86-70(75)55-49-43-37-31-26-24-28-33-39-45-51-63(5)6/h62-66,71H,7-61H2,1-6H3,(H,76,77)(H,78,79)/t64-,65+,66+/m0/s1. The Labute approximate surface area is 543 Å². The monoisotopic (exact) mass is 1310 g/mol. The van der Waals surface area contributed by atoms with E-state index in [-0.39, 0.29) is 25.7 Å². The molecule has 0 aromatic rings. The molecule has 0 saturated carbocycles. The average Bonchev–Trinajstić information content (AvgIpc) is 3.70. The molecule has 2 unspecified atom stereocenters. The summed E-state index contributed by atoms with van der Waals surface area (Å²) in [6.07, 6.45) is 47.2.